The van der Waals surface area contributed by atoms with E-state index in [4.69, 9.17) is 4.74 Å². The maximum atomic E-state index is 11.6. The Morgan fingerprint density at radius 3 is 2.83 bits per heavy atom. The molecule has 1 unspecified atom stereocenters. The van der Waals surface area contributed by atoms with E-state index in [1.54, 1.807) is 0 Å². The molecule has 0 aromatic heterocycles. The summed E-state index contributed by atoms with van der Waals surface area (Å²) in [4.78, 5) is 11.6. The molecule has 0 bridgehead atoms. The van der Waals surface area contributed by atoms with Crippen molar-refractivity contribution in [2.75, 3.05) is 19.7 Å². The number of hydrogen-bond donors (Lipinski definition) is 2. The number of amides is 1. The Morgan fingerprint density at radius 1 is 1.44 bits per heavy atom. The van der Waals surface area contributed by atoms with Crippen LogP contribution in [0.5, 0.6) is 5.75 Å². The molecule has 1 heterocycles. The lowest BCUT2D eigenvalue weighted by atomic mass is 10.2. The van der Waals surface area contributed by atoms with Crippen LogP contribution in [0.3, 0.4) is 0 Å². The van der Waals surface area contributed by atoms with Gasteiger partial charge in [0.25, 0.3) is 5.91 Å². The Hall–Kier alpha value is -1.55. The molecule has 4 nitrogen and oxygen atoms in total. The van der Waals surface area contributed by atoms with E-state index in [2.05, 4.69) is 17.6 Å². The first-order chi connectivity index (χ1) is 8.78. The largest absolute Gasteiger partial charge is 0.484 e. The standard InChI is InChI=1S/C14H20N2O2/c1-2-11-3-5-13(6-4-11)18-10-14(17)16-12-7-8-15-9-12/h3-6,12,15H,2,7-10H2,1H3,(H,16,17). The molecule has 1 aromatic rings. The van der Waals surface area contributed by atoms with Crippen molar-refractivity contribution < 1.29 is 9.53 Å². The second kappa shape index (κ2) is 6.40. The van der Waals surface area contributed by atoms with Crippen molar-refractivity contribution in [2.24, 2.45) is 0 Å². The third-order valence-corrected chi connectivity index (χ3v) is 3.13. The topological polar surface area (TPSA) is 50.4 Å². The Kier molecular flexibility index (Phi) is 4.59. The second-order valence-corrected chi connectivity index (χ2v) is 4.54. The third kappa shape index (κ3) is 3.74. The highest BCUT2D eigenvalue weighted by Crippen LogP contribution is 2.12. The molecule has 2 rings (SSSR count). The molecular formula is C14H20N2O2. The lowest BCUT2D eigenvalue weighted by Crippen LogP contribution is -2.39. The minimum absolute atomic E-state index is 0.0525. The molecule has 1 fully saturated rings. The van der Waals surface area contributed by atoms with Gasteiger partial charge in [-0.05, 0) is 37.1 Å². The lowest BCUT2D eigenvalue weighted by molar-refractivity contribution is -0.123. The number of ether oxygens (including phenoxy) is 1. The van der Waals surface area contributed by atoms with Crippen molar-refractivity contribution >= 4 is 5.91 Å². The molecule has 1 aliphatic rings. The molecule has 0 aliphatic carbocycles. The molecule has 1 saturated heterocycles. The summed E-state index contributed by atoms with van der Waals surface area (Å²) in [5, 5.41) is 6.15. The van der Waals surface area contributed by atoms with Crippen LogP contribution in [0.15, 0.2) is 24.3 Å². The van der Waals surface area contributed by atoms with Crippen molar-refractivity contribution in [1.29, 1.82) is 0 Å². The summed E-state index contributed by atoms with van der Waals surface area (Å²) in [5.74, 6) is 0.690. The van der Waals surface area contributed by atoms with E-state index in [1.165, 1.54) is 5.56 Å². The minimum atomic E-state index is -0.0525. The lowest BCUT2D eigenvalue weighted by Gasteiger charge is -2.12. The minimum Gasteiger partial charge on any atom is -0.484 e. The highest BCUT2D eigenvalue weighted by Gasteiger charge is 2.16. The van der Waals surface area contributed by atoms with Crippen LogP contribution in [0.4, 0.5) is 0 Å². The molecule has 4 heteroatoms. The first kappa shape index (κ1) is 12.9. The van der Waals surface area contributed by atoms with Crippen LogP contribution in [0.25, 0.3) is 0 Å². The van der Waals surface area contributed by atoms with Gasteiger partial charge >= 0.3 is 0 Å². The zero-order valence-corrected chi connectivity index (χ0v) is 10.7. The van der Waals surface area contributed by atoms with Gasteiger partial charge in [0.05, 0.1) is 0 Å². The predicted molar refractivity (Wildman–Crippen MR) is 70.7 cm³/mol. The van der Waals surface area contributed by atoms with Crippen molar-refractivity contribution in [2.45, 2.75) is 25.8 Å². The van der Waals surface area contributed by atoms with Gasteiger partial charge in [0.15, 0.2) is 6.61 Å². The van der Waals surface area contributed by atoms with Crippen LogP contribution < -0.4 is 15.4 Å². The zero-order chi connectivity index (χ0) is 12.8. The highest BCUT2D eigenvalue weighted by atomic mass is 16.5. The predicted octanol–water partition coefficient (Wildman–Crippen LogP) is 1.11. The molecule has 0 saturated carbocycles. The molecule has 1 atom stereocenters. The fraction of sp³-hybridized carbons (Fsp3) is 0.500. The first-order valence-electron chi connectivity index (χ1n) is 6.49. The molecule has 0 spiro atoms. The van der Waals surface area contributed by atoms with Gasteiger partial charge in [-0.3, -0.25) is 4.79 Å². The van der Waals surface area contributed by atoms with E-state index in [0.717, 1.165) is 31.7 Å². The summed E-state index contributed by atoms with van der Waals surface area (Å²) in [7, 11) is 0. The van der Waals surface area contributed by atoms with Crippen molar-refractivity contribution in [3.8, 4) is 5.75 Å². The molecule has 1 amide bonds. The number of rotatable bonds is 5. The zero-order valence-electron chi connectivity index (χ0n) is 10.7. The van der Waals surface area contributed by atoms with E-state index < -0.39 is 0 Å². The molecule has 0 radical (unpaired) electrons. The Labute approximate surface area is 108 Å². The number of aryl methyl sites for hydroxylation is 1. The quantitative estimate of drug-likeness (QED) is 0.820. The Bertz CT molecular complexity index is 383. The van der Waals surface area contributed by atoms with Crippen molar-refractivity contribution in [3.63, 3.8) is 0 Å². The van der Waals surface area contributed by atoms with E-state index in [-0.39, 0.29) is 18.6 Å². The normalized spacial score (nSPS) is 18.6. The summed E-state index contributed by atoms with van der Waals surface area (Å²) < 4.78 is 5.45. The van der Waals surface area contributed by atoms with E-state index in [0.29, 0.717) is 0 Å². The Balaban J connectivity index is 1.74. The second-order valence-electron chi connectivity index (χ2n) is 4.54. The average molecular weight is 248 g/mol. The summed E-state index contributed by atoms with van der Waals surface area (Å²) in [6, 6.07) is 8.11. The summed E-state index contributed by atoms with van der Waals surface area (Å²) >= 11 is 0. The molecular weight excluding hydrogens is 228 g/mol. The maximum Gasteiger partial charge on any atom is 0.258 e. The third-order valence-electron chi connectivity index (χ3n) is 3.13. The first-order valence-corrected chi connectivity index (χ1v) is 6.49. The molecule has 98 valence electrons. The van der Waals surface area contributed by atoms with Crippen LogP contribution in [0.1, 0.15) is 18.9 Å². The van der Waals surface area contributed by atoms with Crippen LogP contribution >= 0.6 is 0 Å². The summed E-state index contributed by atoms with van der Waals surface area (Å²) in [5.41, 5.74) is 1.27. The average Bonchev–Trinajstić information content (AvgIpc) is 2.90. The number of carbonyl (C=O) groups is 1. The van der Waals surface area contributed by atoms with Gasteiger partial charge in [0.2, 0.25) is 0 Å². The molecule has 1 aromatic carbocycles. The number of nitrogens with one attached hydrogen (secondary N) is 2. The van der Waals surface area contributed by atoms with Crippen LogP contribution in [0, 0.1) is 0 Å². The molecule has 18 heavy (non-hydrogen) atoms. The van der Waals surface area contributed by atoms with Crippen molar-refractivity contribution in [1.82, 2.24) is 10.6 Å². The van der Waals surface area contributed by atoms with E-state index in [1.807, 2.05) is 24.3 Å². The fourth-order valence-corrected chi connectivity index (χ4v) is 2.02. The molecule has 2 N–H and O–H groups in total. The van der Waals surface area contributed by atoms with E-state index >= 15 is 0 Å². The smallest absolute Gasteiger partial charge is 0.258 e. The van der Waals surface area contributed by atoms with Gasteiger partial charge in [0.1, 0.15) is 5.75 Å². The SMILES string of the molecule is CCc1ccc(OCC(=O)NC2CCNC2)cc1. The van der Waals surface area contributed by atoms with Gasteiger partial charge in [0, 0.05) is 12.6 Å². The fourth-order valence-electron chi connectivity index (χ4n) is 2.02. The molecule has 1 aliphatic heterocycles. The van der Waals surface area contributed by atoms with Gasteiger partial charge in [-0.15, -0.1) is 0 Å². The van der Waals surface area contributed by atoms with Gasteiger partial charge in [-0.2, -0.15) is 0 Å². The van der Waals surface area contributed by atoms with Crippen LogP contribution in [-0.2, 0) is 11.2 Å². The summed E-state index contributed by atoms with van der Waals surface area (Å²) in [6.07, 6.45) is 2.01. The van der Waals surface area contributed by atoms with Gasteiger partial charge in [-0.25, -0.2) is 0 Å². The monoisotopic (exact) mass is 248 g/mol. The maximum absolute atomic E-state index is 11.6. The highest BCUT2D eigenvalue weighted by molar-refractivity contribution is 5.77. The Morgan fingerprint density at radius 2 is 2.22 bits per heavy atom. The van der Waals surface area contributed by atoms with Gasteiger partial charge in [-0.1, -0.05) is 19.1 Å². The van der Waals surface area contributed by atoms with E-state index in [9.17, 15) is 4.79 Å². The van der Waals surface area contributed by atoms with Crippen LogP contribution in [0.2, 0.25) is 0 Å². The number of benzene rings is 1. The summed E-state index contributed by atoms with van der Waals surface area (Å²) in [6.45, 7) is 4.03. The number of carbonyl (C=O) groups excluding carboxylic acids is 1. The van der Waals surface area contributed by atoms with Gasteiger partial charge < -0.3 is 15.4 Å². The van der Waals surface area contributed by atoms with Crippen molar-refractivity contribution in [3.05, 3.63) is 29.8 Å². The number of hydrogen-bond acceptors (Lipinski definition) is 3. The van der Waals surface area contributed by atoms with Crippen LogP contribution in [-0.4, -0.2) is 31.6 Å².